The lowest BCUT2D eigenvalue weighted by molar-refractivity contribution is 0.365. The summed E-state index contributed by atoms with van der Waals surface area (Å²) in [6, 6.07) is 3.94. The summed E-state index contributed by atoms with van der Waals surface area (Å²) in [7, 11) is 0. The number of benzene rings is 1. The van der Waals surface area contributed by atoms with Gasteiger partial charge in [0.05, 0.1) is 6.54 Å². The van der Waals surface area contributed by atoms with Gasteiger partial charge >= 0.3 is 0 Å². The monoisotopic (exact) mass is 349 g/mol. The standard InChI is InChI=1S/C15H20BrN5/c1-3-4-15(5-6-15)9-21-14(18-19-20-21)12-7-11(16)8-13(17)10(12)2/h7-8H,3-6,9,17H2,1-2H3. The molecule has 0 amide bonds. The lowest BCUT2D eigenvalue weighted by Crippen LogP contribution is -2.14. The van der Waals surface area contributed by atoms with Crippen molar-refractivity contribution in [2.45, 2.75) is 46.1 Å². The zero-order valence-electron chi connectivity index (χ0n) is 12.4. The zero-order chi connectivity index (χ0) is 15.0. The van der Waals surface area contributed by atoms with Gasteiger partial charge in [-0.25, -0.2) is 4.68 Å². The second kappa shape index (κ2) is 5.40. The van der Waals surface area contributed by atoms with Crippen LogP contribution in [-0.2, 0) is 6.54 Å². The van der Waals surface area contributed by atoms with Gasteiger partial charge in [-0.05, 0) is 59.7 Å². The maximum absolute atomic E-state index is 6.06. The van der Waals surface area contributed by atoms with Gasteiger partial charge in [0, 0.05) is 15.7 Å². The van der Waals surface area contributed by atoms with Crippen LogP contribution in [0.25, 0.3) is 11.4 Å². The maximum atomic E-state index is 6.06. The summed E-state index contributed by atoms with van der Waals surface area (Å²) in [5, 5.41) is 12.3. The first kappa shape index (κ1) is 14.5. The third-order valence-corrected chi connectivity index (χ3v) is 4.87. The number of nitrogens with zero attached hydrogens (tertiary/aromatic N) is 4. The van der Waals surface area contributed by atoms with E-state index < -0.39 is 0 Å². The van der Waals surface area contributed by atoms with Crippen LogP contribution in [0.4, 0.5) is 5.69 Å². The lowest BCUT2D eigenvalue weighted by atomic mass is 10.0. The van der Waals surface area contributed by atoms with E-state index in [1.807, 2.05) is 23.7 Å². The third-order valence-electron chi connectivity index (χ3n) is 4.41. The average Bonchev–Trinajstić information content (AvgIpc) is 3.03. The highest BCUT2D eigenvalue weighted by Crippen LogP contribution is 2.51. The van der Waals surface area contributed by atoms with Crippen LogP contribution in [0.2, 0.25) is 0 Å². The Balaban J connectivity index is 1.96. The van der Waals surface area contributed by atoms with Gasteiger partial charge in [-0.3, -0.25) is 0 Å². The fourth-order valence-corrected chi connectivity index (χ4v) is 3.42. The first-order valence-electron chi connectivity index (χ1n) is 7.37. The van der Waals surface area contributed by atoms with Crippen LogP contribution in [0.1, 0.15) is 38.2 Å². The highest BCUT2D eigenvalue weighted by atomic mass is 79.9. The Morgan fingerprint density at radius 1 is 1.38 bits per heavy atom. The molecule has 0 spiro atoms. The van der Waals surface area contributed by atoms with Crippen LogP contribution in [-0.4, -0.2) is 20.2 Å². The van der Waals surface area contributed by atoms with Crippen molar-refractivity contribution in [2.24, 2.45) is 5.41 Å². The van der Waals surface area contributed by atoms with Crippen LogP contribution in [0.3, 0.4) is 0 Å². The van der Waals surface area contributed by atoms with E-state index in [0.717, 1.165) is 33.7 Å². The molecule has 2 N–H and O–H groups in total. The second-order valence-corrected chi connectivity index (χ2v) is 6.99. The van der Waals surface area contributed by atoms with Gasteiger partial charge in [0.25, 0.3) is 0 Å². The summed E-state index contributed by atoms with van der Waals surface area (Å²) in [5.74, 6) is 0.808. The number of anilines is 1. The van der Waals surface area contributed by atoms with Crippen molar-refractivity contribution in [3.8, 4) is 11.4 Å². The van der Waals surface area contributed by atoms with Crippen LogP contribution >= 0.6 is 15.9 Å². The van der Waals surface area contributed by atoms with Crippen LogP contribution in [0.5, 0.6) is 0 Å². The molecule has 1 heterocycles. The molecule has 1 aliphatic carbocycles. The van der Waals surface area contributed by atoms with Crippen LogP contribution in [0.15, 0.2) is 16.6 Å². The molecule has 0 unspecified atom stereocenters. The molecular formula is C15H20BrN5. The van der Waals surface area contributed by atoms with E-state index in [1.54, 1.807) is 0 Å². The predicted molar refractivity (Wildman–Crippen MR) is 86.7 cm³/mol. The van der Waals surface area contributed by atoms with Gasteiger partial charge in [0.2, 0.25) is 0 Å². The van der Waals surface area contributed by atoms with E-state index in [4.69, 9.17) is 5.73 Å². The first-order chi connectivity index (χ1) is 10.0. The van der Waals surface area contributed by atoms with E-state index in [9.17, 15) is 0 Å². The molecule has 5 nitrogen and oxygen atoms in total. The summed E-state index contributed by atoms with van der Waals surface area (Å²) in [5.41, 5.74) is 9.24. The molecule has 1 aliphatic rings. The fraction of sp³-hybridized carbons (Fsp3) is 0.533. The van der Waals surface area contributed by atoms with E-state index >= 15 is 0 Å². The number of nitrogen functional groups attached to an aromatic ring is 1. The minimum atomic E-state index is 0.407. The average molecular weight is 350 g/mol. The van der Waals surface area contributed by atoms with E-state index in [-0.39, 0.29) is 0 Å². The minimum absolute atomic E-state index is 0.407. The molecule has 1 aromatic heterocycles. The van der Waals surface area contributed by atoms with Gasteiger partial charge in [-0.15, -0.1) is 5.10 Å². The minimum Gasteiger partial charge on any atom is -0.398 e. The maximum Gasteiger partial charge on any atom is 0.182 e. The fourth-order valence-electron chi connectivity index (χ4n) is 2.95. The predicted octanol–water partition coefficient (Wildman–Crippen LogP) is 3.57. The molecule has 21 heavy (non-hydrogen) atoms. The largest absolute Gasteiger partial charge is 0.398 e. The quantitative estimate of drug-likeness (QED) is 0.837. The summed E-state index contributed by atoms with van der Waals surface area (Å²) in [6.45, 7) is 5.14. The summed E-state index contributed by atoms with van der Waals surface area (Å²) >= 11 is 3.50. The number of hydrogen-bond acceptors (Lipinski definition) is 4. The Labute approximate surface area is 133 Å². The van der Waals surface area contributed by atoms with Crippen molar-refractivity contribution < 1.29 is 0 Å². The number of rotatable bonds is 5. The summed E-state index contributed by atoms with van der Waals surface area (Å²) < 4.78 is 2.89. The molecule has 0 bridgehead atoms. The topological polar surface area (TPSA) is 69.6 Å². The lowest BCUT2D eigenvalue weighted by Gasteiger charge is -2.15. The molecule has 112 valence electrons. The number of nitrogens with two attached hydrogens (primary N) is 1. The molecule has 1 saturated carbocycles. The molecule has 3 rings (SSSR count). The zero-order valence-corrected chi connectivity index (χ0v) is 14.0. The van der Waals surface area contributed by atoms with E-state index in [1.165, 1.54) is 25.7 Å². The summed E-state index contributed by atoms with van der Waals surface area (Å²) in [4.78, 5) is 0. The Morgan fingerprint density at radius 2 is 2.14 bits per heavy atom. The number of hydrogen-bond donors (Lipinski definition) is 1. The Kier molecular flexibility index (Phi) is 3.73. The Hall–Kier alpha value is -1.43. The van der Waals surface area contributed by atoms with Gasteiger partial charge < -0.3 is 5.73 Å². The normalized spacial score (nSPS) is 16.1. The molecule has 0 aliphatic heterocycles. The molecule has 0 atom stereocenters. The van der Waals surface area contributed by atoms with Gasteiger partial charge in [0.15, 0.2) is 5.82 Å². The van der Waals surface area contributed by atoms with E-state index in [0.29, 0.717) is 5.41 Å². The smallest absolute Gasteiger partial charge is 0.182 e. The molecule has 0 radical (unpaired) electrons. The second-order valence-electron chi connectivity index (χ2n) is 6.08. The van der Waals surface area contributed by atoms with Gasteiger partial charge in [-0.1, -0.05) is 29.3 Å². The molecule has 1 fully saturated rings. The van der Waals surface area contributed by atoms with Gasteiger partial charge in [-0.2, -0.15) is 0 Å². The van der Waals surface area contributed by atoms with Crippen molar-refractivity contribution in [1.82, 2.24) is 20.2 Å². The Morgan fingerprint density at radius 3 is 2.81 bits per heavy atom. The number of tetrazole rings is 1. The van der Waals surface area contributed by atoms with Crippen LogP contribution in [0, 0.1) is 12.3 Å². The number of halogens is 1. The van der Waals surface area contributed by atoms with Gasteiger partial charge in [0.1, 0.15) is 0 Å². The third kappa shape index (κ3) is 2.81. The molecule has 1 aromatic carbocycles. The SMILES string of the molecule is CCCC1(Cn2nnnc2-c2cc(Br)cc(N)c2C)CC1. The van der Waals surface area contributed by atoms with Crippen molar-refractivity contribution in [3.63, 3.8) is 0 Å². The highest BCUT2D eigenvalue weighted by molar-refractivity contribution is 9.10. The molecular weight excluding hydrogens is 330 g/mol. The highest BCUT2D eigenvalue weighted by Gasteiger charge is 2.42. The first-order valence-corrected chi connectivity index (χ1v) is 8.16. The van der Waals surface area contributed by atoms with Crippen molar-refractivity contribution in [1.29, 1.82) is 0 Å². The Bertz CT molecular complexity index is 660. The van der Waals surface area contributed by atoms with Crippen LogP contribution < -0.4 is 5.73 Å². The number of aromatic nitrogens is 4. The van der Waals surface area contributed by atoms with E-state index in [2.05, 4.69) is 38.4 Å². The summed E-state index contributed by atoms with van der Waals surface area (Å²) in [6.07, 6.45) is 5.01. The van der Waals surface area contributed by atoms with Crippen molar-refractivity contribution in [2.75, 3.05) is 5.73 Å². The van der Waals surface area contributed by atoms with Crippen molar-refractivity contribution >= 4 is 21.6 Å². The van der Waals surface area contributed by atoms with Crippen molar-refractivity contribution in [3.05, 3.63) is 22.2 Å². The molecule has 2 aromatic rings. The molecule has 6 heteroatoms. The molecule has 0 saturated heterocycles.